The van der Waals surface area contributed by atoms with E-state index >= 15 is 0 Å². The predicted octanol–water partition coefficient (Wildman–Crippen LogP) is 1.34. The maximum absolute atomic E-state index is 12.5. The summed E-state index contributed by atoms with van der Waals surface area (Å²) in [6, 6.07) is 5.75. The monoisotopic (exact) mass is 307 g/mol. The Balaban J connectivity index is 2.29. The predicted molar refractivity (Wildman–Crippen MR) is 81.3 cm³/mol. The fourth-order valence-corrected chi connectivity index (χ4v) is 3.69. The summed E-state index contributed by atoms with van der Waals surface area (Å²) >= 11 is 0. The van der Waals surface area contributed by atoms with Crippen molar-refractivity contribution >= 4 is 11.5 Å². The third-order valence-electron chi connectivity index (χ3n) is 4.30. The Hall–Kier alpha value is -1.79. The van der Waals surface area contributed by atoms with Gasteiger partial charge in [0.1, 0.15) is 11.5 Å². The van der Waals surface area contributed by atoms with E-state index in [4.69, 9.17) is 0 Å². The maximum atomic E-state index is 12.5. The van der Waals surface area contributed by atoms with Crippen LogP contribution in [0.4, 0.5) is 5.69 Å². The van der Waals surface area contributed by atoms with E-state index in [1.807, 2.05) is 27.7 Å². The van der Waals surface area contributed by atoms with Crippen molar-refractivity contribution in [3.63, 3.8) is 0 Å². The molecule has 1 aliphatic rings. The minimum absolute atomic E-state index is 0.0297. The Kier molecular flexibility index (Phi) is 4.10. The second kappa shape index (κ2) is 5.44. The third-order valence-corrected chi connectivity index (χ3v) is 4.30. The average molecular weight is 307 g/mol. The van der Waals surface area contributed by atoms with E-state index in [9.17, 15) is 20.0 Å². The lowest BCUT2D eigenvalue weighted by atomic mass is 9.70. The van der Waals surface area contributed by atoms with Crippen LogP contribution >= 0.6 is 0 Å². The number of nitrogens with two attached hydrogens (primary N) is 1. The number of hydrogen-bond donors (Lipinski definition) is 2. The quantitative estimate of drug-likeness (QED) is 0.650. The fraction of sp³-hybridized carbons (Fsp3) is 0.562. The minimum atomic E-state index is -0.962. The van der Waals surface area contributed by atoms with Crippen LogP contribution in [0.15, 0.2) is 24.3 Å². The average Bonchev–Trinajstić information content (AvgIpc) is 2.35. The first kappa shape index (κ1) is 16.6. The summed E-state index contributed by atoms with van der Waals surface area (Å²) in [4.78, 5) is 22.7. The number of quaternary nitrogens is 1. The Bertz CT molecular complexity index is 593. The third kappa shape index (κ3) is 3.18. The molecule has 0 bridgehead atoms. The number of nitro benzene ring substituents is 1. The lowest BCUT2D eigenvalue weighted by Gasteiger charge is -2.44. The van der Waals surface area contributed by atoms with E-state index in [0.717, 1.165) is 0 Å². The number of hydrogen-bond acceptors (Lipinski definition) is 4. The summed E-state index contributed by atoms with van der Waals surface area (Å²) in [5.74, 6) is -0.509. The topological polar surface area (TPSA) is 97.0 Å². The summed E-state index contributed by atoms with van der Waals surface area (Å²) in [6.07, 6.45) is -0.568. The fourth-order valence-electron chi connectivity index (χ4n) is 3.69. The number of nitro groups is 1. The molecular formula is C16H23N2O4+. The molecule has 1 aliphatic heterocycles. The van der Waals surface area contributed by atoms with E-state index < -0.39 is 22.5 Å². The number of non-ortho nitro benzene ring substituents is 1. The molecule has 0 spiro atoms. The molecule has 120 valence electrons. The summed E-state index contributed by atoms with van der Waals surface area (Å²) < 4.78 is 0. The minimum Gasteiger partial charge on any atom is -0.387 e. The molecule has 22 heavy (non-hydrogen) atoms. The highest BCUT2D eigenvalue weighted by atomic mass is 16.6. The Morgan fingerprint density at radius 2 is 1.82 bits per heavy atom. The number of rotatable bonds is 3. The lowest BCUT2D eigenvalue weighted by Crippen LogP contribution is -3.07. The van der Waals surface area contributed by atoms with Crippen LogP contribution < -0.4 is 5.32 Å². The van der Waals surface area contributed by atoms with Crippen molar-refractivity contribution in [1.82, 2.24) is 0 Å². The molecule has 0 unspecified atom stereocenters. The van der Waals surface area contributed by atoms with Crippen molar-refractivity contribution in [2.75, 3.05) is 0 Å². The van der Waals surface area contributed by atoms with Gasteiger partial charge in [-0.15, -0.1) is 0 Å². The van der Waals surface area contributed by atoms with Crippen LogP contribution in [0.5, 0.6) is 0 Å². The van der Waals surface area contributed by atoms with Crippen LogP contribution in [0.25, 0.3) is 0 Å². The molecule has 3 N–H and O–H groups in total. The Labute approximate surface area is 129 Å². The smallest absolute Gasteiger partial charge is 0.269 e. The molecule has 1 aromatic rings. The van der Waals surface area contributed by atoms with Gasteiger partial charge < -0.3 is 10.4 Å². The molecule has 0 aliphatic carbocycles. The van der Waals surface area contributed by atoms with Crippen molar-refractivity contribution in [2.24, 2.45) is 5.92 Å². The zero-order chi connectivity index (χ0) is 16.7. The molecule has 1 heterocycles. The van der Waals surface area contributed by atoms with Crippen molar-refractivity contribution in [3.05, 3.63) is 39.9 Å². The van der Waals surface area contributed by atoms with Crippen molar-refractivity contribution in [1.29, 1.82) is 0 Å². The van der Waals surface area contributed by atoms with Gasteiger partial charge >= 0.3 is 0 Å². The second-order valence-electron chi connectivity index (χ2n) is 7.37. The van der Waals surface area contributed by atoms with Gasteiger partial charge in [-0.2, -0.15) is 0 Å². The molecule has 6 heteroatoms. The van der Waals surface area contributed by atoms with Crippen molar-refractivity contribution in [3.8, 4) is 0 Å². The van der Waals surface area contributed by atoms with Gasteiger partial charge in [-0.1, -0.05) is 0 Å². The summed E-state index contributed by atoms with van der Waals surface area (Å²) in [5, 5.41) is 23.5. The maximum Gasteiger partial charge on any atom is 0.269 e. The molecule has 1 aromatic carbocycles. The van der Waals surface area contributed by atoms with E-state index in [-0.39, 0.29) is 17.0 Å². The first-order chi connectivity index (χ1) is 10.0. The molecule has 0 radical (unpaired) electrons. The number of carbonyl (C=O) groups excluding carboxylic acids is 1. The van der Waals surface area contributed by atoms with Gasteiger partial charge in [0, 0.05) is 12.1 Å². The van der Waals surface area contributed by atoms with E-state index in [1.54, 1.807) is 0 Å². The SMILES string of the molecule is CC1(C)CC(=O)[C@@H]([C@H](O)c2ccc([N+](=O)[O-])cc2)C(C)(C)[NH2+]1. The van der Waals surface area contributed by atoms with Crippen LogP contribution in [0.1, 0.15) is 45.8 Å². The normalized spacial score (nSPS) is 24.8. The highest BCUT2D eigenvalue weighted by Crippen LogP contribution is 2.35. The van der Waals surface area contributed by atoms with E-state index in [1.165, 1.54) is 24.3 Å². The lowest BCUT2D eigenvalue weighted by molar-refractivity contribution is -0.788. The van der Waals surface area contributed by atoms with E-state index in [2.05, 4.69) is 5.32 Å². The number of carbonyl (C=O) groups is 1. The summed E-state index contributed by atoms with van der Waals surface area (Å²) in [7, 11) is 0. The van der Waals surface area contributed by atoms with Crippen LogP contribution in [-0.2, 0) is 4.79 Å². The van der Waals surface area contributed by atoms with Crippen molar-refractivity contribution in [2.45, 2.75) is 51.3 Å². The molecule has 2 atom stereocenters. The summed E-state index contributed by atoms with van der Waals surface area (Å²) in [5.41, 5.74) is -0.130. The highest BCUT2D eigenvalue weighted by Gasteiger charge is 2.52. The molecular weight excluding hydrogens is 284 g/mol. The zero-order valence-electron chi connectivity index (χ0n) is 13.4. The van der Waals surface area contributed by atoms with Crippen LogP contribution in [0.3, 0.4) is 0 Å². The summed E-state index contributed by atoms with van der Waals surface area (Å²) in [6.45, 7) is 7.93. The number of Topliss-reactive ketones (excluding diaryl/α,β-unsaturated/α-hetero) is 1. The van der Waals surface area contributed by atoms with Gasteiger partial charge in [0.2, 0.25) is 0 Å². The van der Waals surface area contributed by atoms with Crippen LogP contribution in [0.2, 0.25) is 0 Å². The molecule has 2 rings (SSSR count). The first-order valence-electron chi connectivity index (χ1n) is 7.36. The zero-order valence-corrected chi connectivity index (χ0v) is 13.4. The van der Waals surface area contributed by atoms with Gasteiger partial charge in [-0.25, -0.2) is 0 Å². The molecule has 0 aromatic heterocycles. The van der Waals surface area contributed by atoms with Crippen molar-refractivity contribution < 1.29 is 20.1 Å². The Morgan fingerprint density at radius 3 is 2.27 bits per heavy atom. The molecule has 1 fully saturated rings. The number of nitrogens with zero attached hydrogens (tertiary/aromatic N) is 1. The molecule has 0 amide bonds. The van der Waals surface area contributed by atoms with Crippen LogP contribution in [-0.4, -0.2) is 26.9 Å². The highest BCUT2D eigenvalue weighted by molar-refractivity contribution is 5.84. The van der Waals surface area contributed by atoms with Gasteiger partial charge in [0.25, 0.3) is 5.69 Å². The van der Waals surface area contributed by atoms with Crippen LogP contribution in [0, 0.1) is 16.0 Å². The van der Waals surface area contributed by atoms with Gasteiger partial charge in [-0.05, 0) is 45.4 Å². The number of benzene rings is 1. The number of aliphatic hydroxyl groups excluding tert-OH is 1. The van der Waals surface area contributed by atoms with E-state index in [0.29, 0.717) is 12.0 Å². The standard InChI is InChI=1S/C16H22N2O4/c1-15(2)9-12(19)13(16(3,4)17-15)14(20)10-5-7-11(8-6-10)18(21)22/h5-8,13-14,17,20H,9H2,1-4H3/p+1/t13-,14+/m0/s1. The second-order valence-corrected chi connectivity index (χ2v) is 7.37. The van der Waals surface area contributed by atoms with Gasteiger partial charge in [0.15, 0.2) is 5.78 Å². The Morgan fingerprint density at radius 1 is 1.27 bits per heavy atom. The van der Waals surface area contributed by atoms with Gasteiger partial charge in [0.05, 0.1) is 23.0 Å². The molecule has 0 saturated carbocycles. The molecule has 6 nitrogen and oxygen atoms in total. The molecule has 1 saturated heterocycles. The number of piperidine rings is 1. The van der Waals surface area contributed by atoms with Gasteiger partial charge in [-0.3, -0.25) is 14.9 Å². The largest absolute Gasteiger partial charge is 0.387 e. The number of ketones is 1. The first-order valence-corrected chi connectivity index (χ1v) is 7.36. The number of aliphatic hydroxyl groups is 1.